The van der Waals surface area contributed by atoms with Gasteiger partial charge in [0.15, 0.2) is 0 Å². The average Bonchev–Trinajstić information content (AvgIpc) is 2.43. The van der Waals surface area contributed by atoms with Gasteiger partial charge in [0, 0.05) is 25.3 Å². The lowest BCUT2D eigenvalue weighted by molar-refractivity contribution is 0.786. The maximum atomic E-state index is 5.77. The Hall–Kier alpha value is -1.80. The minimum Gasteiger partial charge on any atom is -0.366 e. The molecule has 0 unspecified atom stereocenters. The van der Waals surface area contributed by atoms with Crippen LogP contribution >= 0.6 is 0 Å². The fourth-order valence-electron chi connectivity index (χ4n) is 2.32. The quantitative estimate of drug-likeness (QED) is 0.887. The molecule has 0 bridgehead atoms. The van der Waals surface area contributed by atoms with Gasteiger partial charge in [0.2, 0.25) is 0 Å². The first kappa shape index (κ1) is 13.6. The Morgan fingerprint density at radius 3 is 2.37 bits per heavy atom. The van der Waals surface area contributed by atoms with Gasteiger partial charge in [-0.15, -0.1) is 0 Å². The first-order valence-electron chi connectivity index (χ1n) is 6.77. The summed E-state index contributed by atoms with van der Waals surface area (Å²) in [6, 6.07) is 17.0. The molecule has 0 amide bonds. The van der Waals surface area contributed by atoms with E-state index in [2.05, 4.69) is 67.3 Å². The van der Waals surface area contributed by atoms with Crippen LogP contribution in [0.4, 0.5) is 5.69 Å². The second-order valence-corrected chi connectivity index (χ2v) is 4.91. The van der Waals surface area contributed by atoms with E-state index in [1.165, 1.54) is 22.4 Å². The van der Waals surface area contributed by atoms with Crippen molar-refractivity contribution in [3.63, 3.8) is 0 Å². The van der Waals surface area contributed by atoms with E-state index in [0.29, 0.717) is 6.54 Å². The van der Waals surface area contributed by atoms with Crippen LogP contribution in [0.2, 0.25) is 0 Å². The molecule has 0 spiro atoms. The lowest BCUT2D eigenvalue weighted by Gasteiger charge is -2.27. The van der Waals surface area contributed by atoms with Gasteiger partial charge in [-0.1, -0.05) is 42.5 Å². The van der Waals surface area contributed by atoms with Gasteiger partial charge in [-0.25, -0.2) is 0 Å². The number of rotatable bonds is 5. The second kappa shape index (κ2) is 6.39. The summed E-state index contributed by atoms with van der Waals surface area (Å²) in [6.45, 7) is 6.78. The van der Waals surface area contributed by atoms with Crippen LogP contribution in [0.3, 0.4) is 0 Å². The number of hydrogen-bond donors (Lipinski definition) is 1. The molecule has 0 heterocycles. The summed E-state index contributed by atoms with van der Waals surface area (Å²) < 4.78 is 0. The summed E-state index contributed by atoms with van der Waals surface area (Å²) in [6.07, 6.45) is 0. The highest BCUT2D eigenvalue weighted by atomic mass is 15.1. The van der Waals surface area contributed by atoms with Crippen molar-refractivity contribution in [1.82, 2.24) is 0 Å². The van der Waals surface area contributed by atoms with Gasteiger partial charge in [0.25, 0.3) is 0 Å². The summed E-state index contributed by atoms with van der Waals surface area (Å²) in [5.41, 5.74) is 11.0. The number of anilines is 1. The molecular formula is C17H22N2. The number of benzene rings is 2. The van der Waals surface area contributed by atoms with Crippen molar-refractivity contribution in [2.45, 2.75) is 20.4 Å². The van der Waals surface area contributed by atoms with Gasteiger partial charge < -0.3 is 10.6 Å². The van der Waals surface area contributed by atoms with Crippen LogP contribution in [0, 0.1) is 13.8 Å². The SMILES string of the molecule is Cc1cccc(N(CCN)Cc2ccccc2)c1C. The Balaban J connectivity index is 2.27. The van der Waals surface area contributed by atoms with Gasteiger partial charge in [-0.05, 0) is 36.6 Å². The van der Waals surface area contributed by atoms with Crippen molar-refractivity contribution >= 4 is 5.69 Å². The summed E-state index contributed by atoms with van der Waals surface area (Å²) in [5, 5.41) is 0. The minimum absolute atomic E-state index is 0.667. The van der Waals surface area contributed by atoms with Crippen LogP contribution in [0.1, 0.15) is 16.7 Å². The summed E-state index contributed by atoms with van der Waals surface area (Å²) in [5.74, 6) is 0. The highest BCUT2D eigenvalue weighted by Crippen LogP contribution is 2.24. The van der Waals surface area contributed by atoms with Crippen molar-refractivity contribution in [2.24, 2.45) is 5.73 Å². The van der Waals surface area contributed by atoms with E-state index in [-0.39, 0.29) is 0 Å². The molecule has 2 aromatic carbocycles. The third-order valence-corrected chi connectivity index (χ3v) is 3.53. The van der Waals surface area contributed by atoms with Crippen LogP contribution in [0.15, 0.2) is 48.5 Å². The van der Waals surface area contributed by atoms with Gasteiger partial charge in [0.05, 0.1) is 0 Å². The molecule has 100 valence electrons. The molecule has 0 atom stereocenters. The third kappa shape index (κ3) is 3.36. The predicted octanol–water partition coefficient (Wildman–Crippen LogP) is 3.27. The monoisotopic (exact) mass is 254 g/mol. The topological polar surface area (TPSA) is 29.3 Å². The fraction of sp³-hybridized carbons (Fsp3) is 0.294. The van der Waals surface area contributed by atoms with E-state index < -0.39 is 0 Å². The summed E-state index contributed by atoms with van der Waals surface area (Å²) >= 11 is 0. The van der Waals surface area contributed by atoms with Gasteiger partial charge in [-0.2, -0.15) is 0 Å². The fourth-order valence-corrected chi connectivity index (χ4v) is 2.32. The van der Waals surface area contributed by atoms with E-state index in [0.717, 1.165) is 13.1 Å². The zero-order valence-electron chi connectivity index (χ0n) is 11.8. The van der Waals surface area contributed by atoms with Crippen LogP contribution < -0.4 is 10.6 Å². The zero-order valence-corrected chi connectivity index (χ0v) is 11.8. The number of aryl methyl sites for hydroxylation is 1. The summed E-state index contributed by atoms with van der Waals surface area (Å²) in [4.78, 5) is 2.36. The average molecular weight is 254 g/mol. The van der Waals surface area contributed by atoms with Crippen molar-refractivity contribution in [1.29, 1.82) is 0 Å². The van der Waals surface area contributed by atoms with Gasteiger partial charge >= 0.3 is 0 Å². The third-order valence-electron chi connectivity index (χ3n) is 3.53. The number of hydrogen-bond acceptors (Lipinski definition) is 2. The Kier molecular flexibility index (Phi) is 4.58. The van der Waals surface area contributed by atoms with E-state index >= 15 is 0 Å². The Labute approximate surface area is 115 Å². The van der Waals surface area contributed by atoms with Crippen LogP contribution in [-0.4, -0.2) is 13.1 Å². The molecule has 0 radical (unpaired) electrons. The highest BCUT2D eigenvalue weighted by molar-refractivity contribution is 5.56. The first-order chi connectivity index (χ1) is 9.22. The van der Waals surface area contributed by atoms with Crippen molar-refractivity contribution in [2.75, 3.05) is 18.0 Å². The second-order valence-electron chi connectivity index (χ2n) is 4.91. The standard InChI is InChI=1S/C17H22N2/c1-14-7-6-10-17(15(14)2)19(12-11-18)13-16-8-4-3-5-9-16/h3-10H,11-13,18H2,1-2H3. The molecule has 2 heteroatoms. The van der Waals surface area contributed by atoms with Gasteiger partial charge in [0.1, 0.15) is 0 Å². The molecule has 0 aliphatic rings. The molecule has 2 rings (SSSR count). The maximum absolute atomic E-state index is 5.77. The molecule has 0 aromatic heterocycles. The maximum Gasteiger partial charge on any atom is 0.0430 e. The van der Waals surface area contributed by atoms with Crippen molar-refractivity contribution in [3.8, 4) is 0 Å². The molecular weight excluding hydrogens is 232 g/mol. The molecule has 0 saturated heterocycles. The molecule has 0 aliphatic heterocycles. The van der Waals surface area contributed by atoms with E-state index in [1.54, 1.807) is 0 Å². The van der Waals surface area contributed by atoms with Crippen LogP contribution in [-0.2, 0) is 6.54 Å². The molecule has 0 saturated carbocycles. The van der Waals surface area contributed by atoms with E-state index in [9.17, 15) is 0 Å². The van der Waals surface area contributed by atoms with Crippen LogP contribution in [0.5, 0.6) is 0 Å². The molecule has 2 aromatic rings. The highest BCUT2D eigenvalue weighted by Gasteiger charge is 2.10. The Morgan fingerprint density at radius 2 is 1.68 bits per heavy atom. The van der Waals surface area contributed by atoms with Crippen molar-refractivity contribution < 1.29 is 0 Å². The van der Waals surface area contributed by atoms with E-state index in [1.807, 2.05) is 0 Å². The molecule has 0 aliphatic carbocycles. The van der Waals surface area contributed by atoms with E-state index in [4.69, 9.17) is 5.73 Å². The predicted molar refractivity (Wildman–Crippen MR) is 82.5 cm³/mol. The molecule has 19 heavy (non-hydrogen) atoms. The molecule has 0 fully saturated rings. The lowest BCUT2D eigenvalue weighted by Crippen LogP contribution is -2.29. The summed E-state index contributed by atoms with van der Waals surface area (Å²) in [7, 11) is 0. The normalized spacial score (nSPS) is 10.5. The van der Waals surface area contributed by atoms with Crippen LogP contribution in [0.25, 0.3) is 0 Å². The smallest absolute Gasteiger partial charge is 0.0430 e. The van der Waals surface area contributed by atoms with Gasteiger partial charge in [-0.3, -0.25) is 0 Å². The number of nitrogens with zero attached hydrogens (tertiary/aromatic N) is 1. The lowest BCUT2D eigenvalue weighted by atomic mass is 10.1. The minimum atomic E-state index is 0.667. The number of nitrogens with two attached hydrogens (primary N) is 1. The largest absolute Gasteiger partial charge is 0.366 e. The molecule has 2 nitrogen and oxygen atoms in total. The molecule has 2 N–H and O–H groups in total. The Morgan fingerprint density at radius 1 is 0.947 bits per heavy atom. The van der Waals surface area contributed by atoms with Crippen molar-refractivity contribution in [3.05, 3.63) is 65.2 Å². The Bertz CT molecular complexity index is 520. The zero-order chi connectivity index (χ0) is 13.7. The first-order valence-corrected chi connectivity index (χ1v) is 6.77.